The standard InChI is InChI=1S/C21H25N5O2/c1-2-28-19-10-8-17(9-11-19)21(12-14-27-15-13-21)16-22-20-23-24-25-26(20)18-6-4-3-5-7-18/h3-11H,2,12-16H2,1H3,(H,22,23,25). The van der Waals surface area contributed by atoms with Gasteiger partial charge < -0.3 is 14.8 Å². The number of nitrogens with one attached hydrogen (secondary N) is 1. The molecular formula is C21H25N5O2. The molecule has 0 atom stereocenters. The van der Waals surface area contributed by atoms with E-state index in [1.54, 1.807) is 4.68 Å². The highest BCUT2D eigenvalue weighted by Gasteiger charge is 2.35. The summed E-state index contributed by atoms with van der Waals surface area (Å²) in [6.45, 7) is 4.89. The molecule has 0 spiro atoms. The summed E-state index contributed by atoms with van der Waals surface area (Å²) in [5.74, 6) is 1.54. The minimum Gasteiger partial charge on any atom is -0.494 e. The van der Waals surface area contributed by atoms with Gasteiger partial charge in [0.2, 0.25) is 5.95 Å². The van der Waals surface area contributed by atoms with E-state index in [-0.39, 0.29) is 5.41 Å². The van der Waals surface area contributed by atoms with Crippen LogP contribution in [0.4, 0.5) is 5.95 Å². The molecule has 0 unspecified atom stereocenters. The minimum absolute atomic E-state index is 0.0313. The summed E-state index contributed by atoms with van der Waals surface area (Å²) in [6, 6.07) is 18.3. The number of tetrazole rings is 1. The van der Waals surface area contributed by atoms with Crippen LogP contribution in [0.2, 0.25) is 0 Å². The molecule has 1 fully saturated rings. The molecule has 1 aromatic heterocycles. The Morgan fingerprint density at radius 1 is 1.07 bits per heavy atom. The predicted molar refractivity (Wildman–Crippen MR) is 107 cm³/mol. The van der Waals surface area contributed by atoms with Gasteiger partial charge in [0, 0.05) is 25.2 Å². The highest BCUT2D eigenvalue weighted by Crippen LogP contribution is 2.36. The summed E-state index contributed by atoms with van der Waals surface area (Å²) >= 11 is 0. The van der Waals surface area contributed by atoms with Gasteiger partial charge in [0.25, 0.3) is 0 Å². The fraction of sp³-hybridized carbons (Fsp3) is 0.381. The van der Waals surface area contributed by atoms with Gasteiger partial charge in [-0.05, 0) is 60.0 Å². The highest BCUT2D eigenvalue weighted by atomic mass is 16.5. The van der Waals surface area contributed by atoms with Gasteiger partial charge >= 0.3 is 0 Å². The molecule has 28 heavy (non-hydrogen) atoms. The first-order valence-corrected chi connectivity index (χ1v) is 9.69. The van der Waals surface area contributed by atoms with Gasteiger partial charge in [-0.2, -0.15) is 4.68 Å². The molecule has 146 valence electrons. The Morgan fingerprint density at radius 3 is 2.54 bits per heavy atom. The molecule has 0 aliphatic carbocycles. The van der Waals surface area contributed by atoms with Gasteiger partial charge in [-0.25, -0.2) is 0 Å². The van der Waals surface area contributed by atoms with E-state index in [0.717, 1.165) is 44.0 Å². The van der Waals surface area contributed by atoms with E-state index in [2.05, 4.69) is 33.0 Å². The molecule has 0 saturated carbocycles. The van der Waals surface area contributed by atoms with E-state index in [1.807, 2.05) is 49.4 Å². The number of nitrogens with zero attached hydrogens (tertiary/aromatic N) is 4. The zero-order chi connectivity index (χ0) is 19.2. The summed E-state index contributed by atoms with van der Waals surface area (Å²) in [5.41, 5.74) is 2.18. The van der Waals surface area contributed by atoms with Crippen molar-refractivity contribution in [3.05, 3.63) is 60.2 Å². The number of rotatable bonds is 7. The maximum atomic E-state index is 5.64. The number of para-hydroxylation sites is 1. The lowest BCUT2D eigenvalue weighted by atomic mass is 9.74. The largest absolute Gasteiger partial charge is 0.494 e. The molecule has 0 bridgehead atoms. The zero-order valence-corrected chi connectivity index (χ0v) is 16.0. The predicted octanol–water partition coefficient (Wildman–Crippen LogP) is 3.22. The van der Waals surface area contributed by atoms with Crippen LogP contribution in [-0.4, -0.2) is 46.6 Å². The second-order valence-electron chi connectivity index (χ2n) is 6.95. The van der Waals surface area contributed by atoms with Crippen LogP contribution in [0, 0.1) is 0 Å². The number of aromatic nitrogens is 4. The van der Waals surface area contributed by atoms with Crippen LogP contribution in [0.15, 0.2) is 54.6 Å². The van der Waals surface area contributed by atoms with Crippen LogP contribution < -0.4 is 10.1 Å². The van der Waals surface area contributed by atoms with E-state index >= 15 is 0 Å². The summed E-state index contributed by atoms with van der Waals surface area (Å²) in [5, 5.41) is 15.6. The molecular weight excluding hydrogens is 354 g/mol. The number of benzene rings is 2. The van der Waals surface area contributed by atoms with Crippen molar-refractivity contribution in [3.63, 3.8) is 0 Å². The second-order valence-corrected chi connectivity index (χ2v) is 6.95. The Morgan fingerprint density at radius 2 is 1.82 bits per heavy atom. The Bertz CT molecular complexity index is 873. The maximum absolute atomic E-state index is 5.64. The minimum atomic E-state index is -0.0313. The molecule has 1 saturated heterocycles. The van der Waals surface area contributed by atoms with E-state index in [0.29, 0.717) is 12.6 Å². The third-order valence-corrected chi connectivity index (χ3v) is 5.28. The maximum Gasteiger partial charge on any atom is 0.247 e. The molecule has 0 radical (unpaired) electrons. The van der Waals surface area contributed by atoms with Gasteiger partial charge in [-0.3, -0.25) is 0 Å². The summed E-state index contributed by atoms with van der Waals surface area (Å²) < 4.78 is 13.0. The molecule has 1 N–H and O–H groups in total. The van der Waals surface area contributed by atoms with Crippen molar-refractivity contribution in [1.82, 2.24) is 20.2 Å². The summed E-state index contributed by atoms with van der Waals surface area (Å²) in [6.07, 6.45) is 1.89. The van der Waals surface area contributed by atoms with Crippen LogP contribution in [0.25, 0.3) is 5.69 Å². The van der Waals surface area contributed by atoms with Crippen molar-refractivity contribution in [3.8, 4) is 11.4 Å². The van der Waals surface area contributed by atoms with E-state index < -0.39 is 0 Å². The number of anilines is 1. The van der Waals surface area contributed by atoms with Crippen molar-refractivity contribution in [1.29, 1.82) is 0 Å². The first-order chi connectivity index (χ1) is 13.8. The summed E-state index contributed by atoms with van der Waals surface area (Å²) in [4.78, 5) is 0. The lowest BCUT2D eigenvalue weighted by Gasteiger charge is -2.38. The first-order valence-electron chi connectivity index (χ1n) is 9.69. The number of hydrogen-bond acceptors (Lipinski definition) is 6. The molecule has 7 nitrogen and oxygen atoms in total. The van der Waals surface area contributed by atoms with Crippen molar-refractivity contribution in [2.24, 2.45) is 0 Å². The lowest BCUT2D eigenvalue weighted by molar-refractivity contribution is 0.0543. The molecule has 1 aliphatic heterocycles. The van der Waals surface area contributed by atoms with Crippen LogP contribution in [0.1, 0.15) is 25.3 Å². The lowest BCUT2D eigenvalue weighted by Crippen LogP contribution is -2.40. The van der Waals surface area contributed by atoms with Crippen LogP contribution in [0.5, 0.6) is 5.75 Å². The second kappa shape index (κ2) is 8.39. The van der Waals surface area contributed by atoms with Crippen LogP contribution >= 0.6 is 0 Å². The number of ether oxygens (including phenoxy) is 2. The Balaban J connectivity index is 1.56. The molecule has 4 rings (SSSR count). The fourth-order valence-electron chi connectivity index (χ4n) is 3.69. The van der Waals surface area contributed by atoms with Gasteiger partial charge in [-0.15, -0.1) is 0 Å². The zero-order valence-electron chi connectivity index (χ0n) is 16.0. The van der Waals surface area contributed by atoms with Gasteiger partial charge in [0.05, 0.1) is 12.3 Å². The van der Waals surface area contributed by atoms with Crippen molar-refractivity contribution in [2.45, 2.75) is 25.2 Å². The molecule has 2 heterocycles. The molecule has 3 aromatic rings. The monoisotopic (exact) mass is 379 g/mol. The van der Waals surface area contributed by atoms with E-state index in [1.165, 1.54) is 5.56 Å². The molecule has 1 aliphatic rings. The first kappa shape index (κ1) is 18.4. The molecule has 2 aromatic carbocycles. The molecule has 7 heteroatoms. The van der Waals surface area contributed by atoms with Crippen molar-refractivity contribution >= 4 is 5.95 Å². The van der Waals surface area contributed by atoms with Crippen molar-refractivity contribution < 1.29 is 9.47 Å². The highest BCUT2D eigenvalue weighted by molar-refractivity contribution is 5.40. The third-order valence-electron chi connectivity index (χ3n) is 5.28. The fourth-order valence-corrected chi connectivity index (χ4v) is 3.69. The normalized spacial score (nSPS) is 15.9. The topological polar surface area (TPSA) is 74.1 Å². The van der Waals surface area contributed by atoms with Crippen molar-refractivity contribution in [2.75, 3.05) is 31.7 Å². The third kappa shape index (κ3) is 3.84. The average molecular weight is 379 g/mol. The Kier molecular flexibility index (Phi) is 5.53. The van der Waals surface area contributed by atoms with Gasteiger partial charge in [-0.1, -0.05) is 35.4 Å². The van der Waals surface area contributed by atoms with Crippen LogP contribution in [-0.2, 0) is 10.2 Å². The Labute approximate surface area is 164 Å². The van der Waals surface area contributed by atoms with Gasteiger partial charge in [0.1, 0.15) is 5.75 Å². The van der Waals surface area contributed by atoms with E-state index in [9.17, 15) is 0 Å². The quantitative estimate of drug-likeness (QED) is 0.679. The number of hydrogen-bond donors (Lipinski definition) is 1. The van der Waals surface area contributed by atoms with Crippen LogP contribution in [0.3, 0.4) is 0 Å². The van der Waals surface area contributed by atoms with E-state index in [4.69, 9.17) is 9.47 Å². The van der Waals surface area contributed by atoms with Gasteiger partial charge in [0.15, 0.2) is 0 Å². The smallest absolute Gasteiger partial charge is 0.247 e. The summed E-state index contributed by atoms with van der Waals surface area (Å²) in [7, 11) is 0. The Hall–Kier alpha value is -2.93. The SMILES string of the molecule is CCOc1ccc(C2(CNc3nnnn3-c3ccccc3)CCOCC2)cc1. The average Bonchev–Trinajstić information content (AvgIpc) is 3.23. The molecule has 0 amide bonds.